The molecule has 0 aliphatic carbocycles. The number of carbonyl (C=O) groups excluding carboxylic acids is 3. The fourth-order valence-corrected chi connectivity index (χ4v) is 6.85. The Morgan fingerprint density at radius 2 is 1.58 bits per heavy atom. The summed E-state index contributed by atoms with van der Waals surface area (Å²) in [5.41, 5.74) is 9.11. The normalized spacial score (nSPS) is 21.0. The topological polar surface area (TPSA) is 111 Å². The molecule has 2 aliphatic heterocycles. The highest BCUT2D eigenvalue weighted by molar-refractivity contribution is 7.12. The van der Waals surface area contributed by atoms with Crippen molar-refractivity contribution < 1.29 is 23.9 Å². The summed E-state index contributed by atoms with van der Waals surface area (Å²) in [4.78, 5) is 44.1. The first kappa shape index (κ1) is 28.5. The number of Topliss-reactive ketones (excluding diaryl/α,β-unsaturated/α-hetero) is 1. The maximum Gasteiger partial charge on any atom is 0.323 e. The number of anilines is 1. The van der Waals surface area contributed by atoms with E-state index in [-0.39, 0.29) is 18.0 Å². The number of benzene rings is 3. The Balaban J connectivity index is 1.55. The van der Waals surface area contributed by atoms with Crippen LogP contribution in [-0.4, -0.2) is 35.5 Å². The second-order valence-corrected chi connectivity index (χ2v) is 12.8. The predicted octanol–water partition coefficient (Wildman–Crippen LogP) is 6.50. The number of ether oxygens (including phenoxy) is 2. The van der Waals surface area contributed by atoms with Crippen LogP contribution in [0.15, 0.2) is 90.3 Å². The maximum absolute atomic E-state index is 14.5. The molecule has 4 unspecified atom stereocenters. The van der Waals surface area contributed by atoms with E-state index in [1.54, 1.807) is 30.3 Å². The van der Waals surface area contributed by atoms with Gasteiger partial charge in [-0.15, -0.1) is 11.3 Å². The smallest absolute Gasteiger partial charge is 0.323 e. The molecule has 4 atom stereocenters. The first-order chi connectivity index (χ1) is 20.6. The first-order valence-electron chi connectivity index (χ1n) is 14.1. The summed E-state index contributed by atoms with van der Waals surface area (Å²) in [6.07, 6.45) is 0. The Morgan fingerprint density at radius 3 is 2.23 bits per heavy atom. The largest absolute Gasteiger partial charge is 0.454 e. The molecule has 8 nitrogen and oxygen atoms in total. The minimum Gasteiger partial charge on any atom is -0.454 e. The van der Waals surface area contributed by atoms with Crippen molar-refractivity contribution in [3.8, 4) is 11.5 Å². The zero-order valence-electron chi connectivity index (χ0n) is 24.2. The Labute approximate surface area is 254 Å². The van der Waals surface area contributed by atoms with Crippen molar-refractivity contribution in [2.45, 2.75) is 44.2 Å². The fourth-order valence-electron chi connectivity index (χ4n) is 6.14. The van der Waals surface area contributed by atoms with Crippen LogP contribution in [0.4, 0.5) is 10.5 Å². The molecule has 6 rings (SSSR count). The molecule has 2 aliphatic rings. The third-order valence-corrected chi connectivity index (χ3v) is 9.07. The molecule has 0 saturated carbocycles. The minimum atomic E-state index is -1.12. The van der Waals surface area contributed by atoms with Gasteiger partial charge in [0.1, 0.15) is 6.04 Å². The molecule has 4 aromatic rings. The van der Waals surface area contributed by atoms with Crippen molar-refractivity contribution in [1.29, 1.82) is 0 Å². The highest BCUT2D eigenvalue weighted by Crippen LogP contribution is 2.53. The van der Waals surface area contributed by atoms with Crippen LogP contribution in [0, 0.1) is 5.92 Å². The van der Waals surface area contributed by atoms with E-state index in [0.717, 1.165) is 11.1 Å². The molecule has 3 aromatic carbocycles. The standard InChI is InChI=1S/C34H33N3O5S/c1-34(2,3)22-14-11-20(12-15-22)27-28(31(38)26-10-7-17-43-26)29(21-13-16-24-25(18-21)42-19-41-24)37(30(27)32(35)39)33(40)36-23-8-5-4-6-9-23/h4-18,27-30H,19H2,1-3H3,(H2,35,39)(H,36,40). The number of ketones is 1. The third-order valence-electron chi connectivity index (χ3n) is 8.18. The molecular formula is C34H33N3O5S. The lowest BCUT2D eigenvalue weighted by Crippen LogP contribution is -2.48. The number of hydrogen-bond acceptors (Lipinski definition) is 6. The van der Waals surface area contributed by atoms with Crippen molar-refractivity contribution in [2.75, 3.05) is 12.1 Å². The Kier molecular flexibility index (Phi) is 7.43. The van der Waals surface area contributed by atoms with Crippen LogP contribution in [0.5, 0.6) is 11.5 Å². The second kappa shape index (κ2) is 11.2. The van der Waals surface area contributed by atoms with Crippen LogP contribution in [-0.2, 0) is 10.2 Å². The lowest BCUT2D eigenvalue weighted by Gasteiger charge is -2.31. The van der Waals surface area contributed by atoms with Gasteiger partial charge in [-0.25, -0.2) is 4.79 Å². The molecule has 3 N–H and O–H groups in total. The molecule has 0 radical (unpaired) electrons. The van der Waals surface area contributed by atoms with Crippen LogP contribution in [0.3, 0.4) is 0 Å². The zero-order chi connectivity index (χ0) is 30.3. The molecule has 0 spiro atoms. The molecule has 1 saturated heterocycles. The van der Waals surface area contributed by atoms with Crippen molar-refractivity contribution in [3.63, 3.8) is 0 Å². The molecule has 1 aromatic heterocycles. The number of nitrogens with two attached hydrogens (primary N) is 1. The van der Waals surface area contributed by atoms with Gasteiger partial charge in [0.15, 0.2) is 17.3 Å². The number of hydrogen-bond donors (Lipinski definition) is 2. The van der Waals surface area contributed by atoms with Gasteiger partial charge < -0.3 is 25.4 Å². The minimum absolute atomic E-state index is 0.0753. The zero-order valence-corrected chi connectivity index (χ0v) is 25.0. The Bertz CT molecular complexity index is 1650. The van der Waals surface area contributed by atoms with Crippen LogP contribution in [0.2, 0.25) is 0 Å². The Hall–Kier alpha value is -4.63. The summed E-state index contributed by atoms with van der Waals surface area (Å²) in [6.45, 7) is 6.45. The fraction of sp³-hybridized carbons (Fsp3) is 0.265. The molecule has 3 heterocycles. The number of nitrogens with zero attached hydrogens (tertiary/aromatic N) is 1. The van der Waals surface area contributed by atoms with E-state index in [1.165, 1.54) is 16.2 Å². The number of primary amides is 1. The SMILES string of the molecule is CC(C)(C)c1ccc(C2C(C(=O)c3cccs3)C(c3ccc4c(c3)OCO4)N(C(=O)Nc3ccccc3)C2C(N)=O)cc1. The lowest BCUT2D eigenvalue weighted by molar-refractivity contribution is -0.122. The molecule has 43 heavy (non-hydrogen) atoms. The van der Waals surface area contributed by atoms with Crippen molar-refractivity contribution >= 4 is 34.7 Å². The van der Waals surface area contributed by atoms with Crippen LogP contribution < -0.4 is 20.5 Å². The van der Waals surface area contributed by atoms with E-state index in [4.69, 9.17) is 15.2 Å². The molecule has 9 heteroatoms. The summed E-state index contributed by atoms with van der Waals surface area (Å²) in [6, 6.07) is 23.4. The summed E-state index contributed by atoms with van der Waals surface area (Å²) in [5.74, 6) is -1.30. The third kappa shape index (κ3) is 5.36. The van der Waals surface area contributed by atoms with Crippen molar-refractivity contribution in [3.05, 3.63) is 112 Å². The number of para-hydroxylation sites is 1. The van der Waals surface area contributed by atoms with Gasteiger partial charge in [-0.1, -0.05) is 75.4 Å². The van der Waals surface area contributed by atoms with E-state index in [1.807, 2.05) is 60.0 Å². The van der Waals surface area contributed by atoms with Gasteiger partial charge in [0.05, 0.1) is 16.8 Å². The average molecular weight is 596 g/mol. The van der Waals surface area contributed by atoms with E-state index >= 15 is 0 Å². The lowest BCUT2D eigenvalue weighted by atomic mass is 9.76. The number of likely N-dealkylation sites (tertiary alicyclic amines) is 1. The number of thiophene rings is 1. The maximum atomic E-state index is 14.5. The quantitative estimate of drug-likeness (QED) is 0.247. The molecule has 0 bridgehead atoms. The number of nitrogens with one attached hydrogen (secondary N) is 1. The van der Waals surface area contributed by atoms with Gasteiger partial charge in [0.2, 0.25) is 12.7 Å². The van der Waals surface area contributed by atoms with Gasteiger partial charge in [-0.05, 0) is 57.8 Å². The summed E-state index contributed by atoms with van der Waals surface area (Å²) < 4.78 is 11.2. The molecule has 1 fully saturated rings. The van der Waals surface area contributed by atoms with E-state index in [0.29, 0.717) is 27.6 Å². The molecular weight excluding hydrogens is 562 g/mol. The van der Waals surface area contributed by atoms with E-state index in [2.05, 4.69) is 26.1 Å². The number of urea groups is 1. The monoisotopic (exact) mass is 595 g/mol. The van der Waals surface area contributed by atoms with Crippen LogP contribution in [0.1, 0.15) is 59.1 Å². The van der Waals surface area contributed by atoms with Gasteiger partial charge in [-0.2, -0.15) is 0 Å². The van der Waals surface area contributed by atoms with Gasteiger partial charge in [-0.3, -0.25) is 9.59 Å². The Morgan fingerprint density at radius 1 is 0.884 bits per heavy atom. The van der Waals surface area contributed by atoms with Crippen molar-refractivity contribution in [2.24, 2.45) is 11.7 Å². The number of rotatable bonds is 6. The second-order valence-electron chi connectivity index (χ2n) is 11.9. The predicted molar refractivity (Wildman–Crippen MR) is 166 cm³/mol. The summed E-state index contributed by atoms with van der Waals surface area (Å²) in [5, 5.41) is 4.77. The van der Waals surface area contributed by atoms with Gasteiger partial charge in [0, 0.05) is 11.6 Å². The molecule has 3 amide bonds. The van der Waals surface area contributed by atoms with Crippen molar-refractivity contribution in [1.82, 2.24) is 4.90 Å². The summed E-state index contributed by atoms with van der Waals surface area (Å²) in [7, 11) is 0. The van der Waals surface area contributed by atoms with E-state index in [9.17, 15) is 14.4 Å². The van der Waals surface area contributed by atoms with Crippen LogP contribution in [0.25, 0.3) is 0 Å². The number of amides is 3. The van der Waals surface area contributed by atoms with Gasteiger partial charge in [0.25, 0.3) is 0 Å². The van der Waals surface area contributed by atoms with E-state index < -0.39 is 35.9 Å². The average Bonchev–Trinajstić information content (AvgIpc) is 3.75. The highest BCUT2D eigenvalue weighted by atomic mass is 32.1. The number of fused-ring (bicyclic) bond motifs is 1. The first-order valence-corrected chi connectivity index (χ1v) is 15.0. The summed E-state index contributed by atoms with van der Waals surface area (Å²) >= 11 is 1.33. The highest BCUT2D eigenvalue weighted by Gasteiger charge is 2.57. The van der Waals surface area contributed by atoms with Crippen LogP contribution >= 0.6 is 11.3 Å². The molecule has 220 valence electrons. The van der Waals surface area contributed by atoms with Gasteiger partial charge >= 0.3 is 6.03 Å². The number of carbonyl (C=O) groups is 3.